The van der Waals surface area contributed by atoms with Gasteiger partial charge in [0.15, 0.2) is 11.6 Å². The zero-order chi connectivity index (χ0) is 14.7. The van der Waals surface area contributed by atoms with Crippen LogP contribution in [0, 0.1) is 0 Å². The quantitative estimate of drug-likeness (QED) is 0.889. The minimum atomic E-state index is 0.662. The summed E-state index contributed by atoms with van der Waals surface area (Å²) in [6.07, 6.45) is 5.53. The van der Waals surface area contributed by atoms with Crippen molar-refractivity contribution in [2.45, 2.75) is 32.2 Å². The number of hydrogen-bond acceptors (Lipinski definition) is 6. The molecule has 2 saturated heterocycles. The summed E-state index contributed by atoms with van der Waals surface area (Å²) in [7, 11) is 1.69. The number of methoxy groups -OCH3 is 1. The molecule has 0 spiro atoms. The standard InChI is InChI=1S/C15H25N5O/c1-3-16-14-13(21-2)15(18-11-17-14)20-9-6-12(10-20)19-7-4-5-8-19/h11-12H,3-10H2,1-2H3,(H,16,17,18). The van der Waals surface area contributed by atoms with E-state index in [1.165, 1.54) is 32.4 Å². The van der Waals surface area contributed by atoms with E-state index in [1.54, 1.807) is 13.4 Å². The average Bonchev–Trinajstić information content (AvgIpc) is 3.18. The Hall–Kier alpha value is -1.56. The van der Waals surface area contributed by atoms with Crippen molar-refractivity contribution in [1.29, 1.82) is 0 Å². The van der Waals surface area contributed by atoms with Gasteiger partial charge in [0.05, 0.1) is 7.11 Å². The number of aromatic nitrogens is 2. The highest BCUT2D eigenvalue weighted by molar-refractivity contribution is 5.65. The molecule has 3 rings (SSSR count). The lowest BCUT2D eigenvalue weighted by atomic mass is 10.2. The van der Waals surface area contributed by atoms with Crippen molar-refractivity contribution in [1.82, 2.24) is 14.9 Å². The summed E-state index contributed by atoms with van der Waals surface area (Å²) in [5.74, 6) is 2.47. The summed E-state index contributed by atoms with van der Waals surface area (Å²) in [4.78, 5) is 13.7. The Bertz CT molecular complexity index is 475. The van der Waals surface area contributed by atoms with Crippen LogP contribution in [0.1, 0.15) is 26.2 Å². The normalized spacial score (nSPS) is 22.8. The van der Waals surface area contributed by atoms with Gasteiger partial charge in [0.2, 0.25) is 5.75 Å². The van der Waals surface area contributed by atoms with E-state index in [4.69, 9.17) is 4.74 Å². The molecule has 0 radical (unpaired) electrons. The second-order valence-electron chi connectivity index (χ2n) is 5.74. The Balaban J connectivity index is 1.76. The number of ether oxygens (including phenoxy) is 1. The van der Waals surface area contributed by atoms with E-state index >= 15 is 0 Å². The molecule has 116 valence electrons. The van der Waals surface area contributed by atoms with E-state index in [0.29, 0.717) is 6.04 Å². The summed E-state index contributed by atoms with van der Waals surface area (Å²) in [6, 6.07) is 0.662. The molecule has 0 saturated carbocycles. The average molecular weight is 291 g/mol. The Labute approximate surface area is 126 Å². The van der Waals surface area contributed by atoms with Crippen LogP contribution in [0.15, 0.2) is 6.33 Å². The summed E-state index contributed by atoms with van der Waals surface area (Å²) < 4.78 is 5.56. The van der Waals surface area contributed by atoms with Crippen LogP contribution in [0.2, 0.25) is 0 Å². The lowest BCUT2D eigenvalue weighted by molar-refractivity contribution is 0.260. The Kier molecular flexibility index (Phi) is 4.43. The molecule has 0 aliphatic carbocycles. The van der Waals surface area contributed by atoms with Gasteiger partial charge in [0.1, 0.15) is 6.33 Å². The maximum absolute atomic E-state index is 5.56. The van der Waals surface area contributed by atoms with Crippen LogP contribution in [0.5, 0.6) is 5.75 Å². The van der Waals surface area contributed by atoms with E-state index in [0.717, 1.165) is 37.0 Å². The highest BCUT2D eigenvalue weighted by Crippen LogP contribution is 2.34. The summed E-state index contributed by atoms with van der Waals surface area (Å²) in [6.45, 7) is 7.47. The third kappa shape index (κ3) is 2.90. The van der Waals surface area contributed by atoms with Crippen molar-refractivity contribution >= 4 is 11.6 Å². The highest BCUT2D eigenvalue weighted by Gasteiger charge is 2.31. The van der Waals surface area contributed by atoms with Gasteiger partial charge in [-0.05, 0) is 39.3 Å². The van der Waals surface area contributed by atoms with Gasteiger partial charge in [-0.3, -0.25) is 4.90 Å². The lowest BCUT2D eigenvalue weighted by Gasteiger charge is -2.25. The van der Waals surface area contributed by atoms with Crippen LogP contribution in [-0.2, 0) is 0 Å². The molecule has 1 N–H and O–H groups in total. The number of nitrogens with zero attached hydrogens (tertiary/aromatic N) is 4. The maximum Gasteiger partial charge on any atom is 0.204 e. The molecular formula is C15H25N5O. The molecule has 6 nitrogen and oxygen atoms in total. The molecule has 1 unspecified atom stereocenters. The molecule has 0 amide bonds. The Morgan fingerprint density at radius 1 is 1.29 bits per heavy atom. The van der Waals surface area contributed by atoms with Crippen LogP contribution in [0.3, 0.4) is 0 Å². The first-order chi connectivity index (χ1) is 10.3. The van der Waals surface area contributed by atoms with Gasteiger partial charge in [-0.15, -0.1) is 0 Å². The lowest BCUT2D eigenvalue weighted by Crippen LogP contribution is -2.35. The molecule has 2 aliphatic heterocycles. The number of anilines is 2. The van der Waals surface area contributed by atoms with Crippen LogP contribution in [-0.4, -0.2) is 60.7 Å². The van der Waals surface area contributed by atoms with E-state index in [-0.39, 0.29) is 0 Å². The SMILES string of the molecule is CCNc1ncnc(N2CCC(N3CCCC3)C2)c1OC. The van der Waals surface area contributed by atoms with Gasteiger partial charge < -0.3 is 15.0 Å². The van der Waals surface area contributed by atoms with Crippen molar-refractivity contribution < 1.29 is 4.74 Å². The third-order valence-corrected chi connectivity index (χ3v) is 4.45. The highest BCUT2D eigenvalue weighted by atomic mass is 16.5. The van der Waals surface area contributed by atoms with Crippen molar-refractivity contribution in [3.8, 4) is 5.75 Å². The second kappa shape index (κ2) is 6.47. The topological polar surface area (TPSA) is 53.5 Å². The molecule has 6 heteroatoms. The summed E-state index contributed by atoms with van der Waals surface area (Å²) >= 11 is 0. The first kappa shape index (κ1) is 14.4. The van der Waals surface area contributed by atoms with E-state index in [1.807, 2.05) is 0 Å². The second-order valence-corrected chi connectivity index (χ2v) is 5.74. The van der Waals surface area contributed by atoms with Crippen LogP contribution >= 0.6 is 0 Å². The van der Waals surface area contributed by atoms with Gasteiger partial charge >= 0.3 is 0 Å². The van der Waals surface area contributed by atoms with Crippen molar-refractivity contribution in [2.24, 2.45) is 0 Å². The molecule has 0 bridgehead atoms. The fraction of sp³-hybridized carbons (Fsp3) is 0.733. The van der Waals surface area contributed by atoms with Gasteiger partial charge in [0.25, 0.3) is 0 Å². The Morgan fingerprint density at radius 2 is 2.10 bits per heavy atom. The number of nitrogens with one attached hydrogen (secondary N) is 1. The zero-order valence-corrected chi connectivity index (χ0v) is 13.0. The fourth-order valence-electron chi connectivity index (χ4n) is 3.41. The largest absolute Gasteiger partial charge is 0.490 e. The smallest absolute Gasteiger partial charge is 0.204 e. The minimum absolute atomic E-state index is 0.662. The predicted molar refractivity (Wildman–Crippen MR) is 84.2 cm³/mol. The van der Waals surface area contributed by atoms with Gasteiger partial charge in [0, 0.05) is 25.7 Å². The summed E-state index contributed by atoms with van der Waals surface area (Å²) in [5, 5.41) is 3.24. The molecule has 1 aromatic heterocycles. The predicted octanol–water partition coefficient (Wildman–Crippen LogP) is 1.59. The molecule has 1 aromatic rings. The molecule has 0 aromatic carbocycles. The van der Waals surface area contributed by atoms with E-state index in [9.17, 15) is 0 Å². The van der Waals surface area contributed by atoms with Crippen LogP contribution in [0.25, 0.3) is 0 Å². The Morgan fingerprint density at radius 3 is 2.81 bits per heavy atom. The van der Waals surface area contributed by atoms with Gasteiger partial charge in [-0.1, -0.05) is 0 Å². The van der Waals surface area contributed by atoms with Gasteiger partial charge in [-0.2, -0.15) is 0 Å². The number of likely N-dealkylation sites (tertiary alicyclic amines) is 1. The van der Waals surface area contributed by atoms with E-state index < -0.39 is 0 Å². The number of rotatable bonds is 5. The van der Waals surface area contributed by atoms with E-state index in [2.05, 4.69) is 32.0 Å². The maximum atomic E-state index is 5.56. The summed E-state index contributed by atoms with van der Waals surface area (Å²) in [5.41, 5.74) is 0. The first-order valence-electron chi connectivity index (χ1n) is 7.95. The van der Waals surface area contributed by atoms with Gasteiger partial charge in [-0.25, -0.2) is 9.97 Å². The molecule has 1 atom stereocenters. The number of hydrogen-bond donors (Lipinski definition) is 1. The molecule has 2 fully saturated rings. The molecule has 21 heavy (non-hydrogen) atoms. The monoisotopic (exact) mass is 291 g/mol. The minimum Gasteiger partial charge on any atom is -0.490 e. The van der Waals surface area contributed by atoms with Crippen LogP contribution < -0.4 is 15.0 Å². The molecule has 3 heterocycles. The van der Waals surface area contributed by atoms with Crippen molar-refractivity contribution in [2.75, 3.05) is 50.1 Å². The first-order valence-corrected chi connectivity index (χ1v) is 7.95. The fourth-order valence-corrected chi connectivity index (χ4v) is 3.41. The van der Waals surface area contributed by atoms with Crippen LogP contribution in [0.4, 0.5) is 11.6 Å². The third-order valence-electron chi connectivity index (χ3n) is 4.45. The van der Waals surface area contributed by atoms with Crippen molar-refractivity contribution in [3.05, 3.63) is 6.33 Å². The molecule has 2 aliphatic rings. The zero-order valence-electron chi connectivity index (χ0n) is 13.0. The molecular weight excluding hydrogens is 266 g/mol. The van der Waals surface area contributed by atoms with Crippen molar-refractivity contribution in [3.63, 3.8) is 0 Å².